The summed E-state index contributed by atoms with van der Waals surface area (Å²) in [6, 6.07) is 5.78. The van der Waals surface area contributed by atoms with E-state index >= 15 is 0 Å². The molecule has 0 atom stereocenters. The van der Waals surface area contributed by atoms with Crippen LogP contribution in [0.5, 0.6) is 0 Å². The topological polar surface area (TPSA) is 0 Å². The molecule has 0 heterocycles. The van der Waals surface area contributed by atoms with Gasteiger partial charge in [0.2, 0.25) is 0 Å². The van der Waals surface area contributed by atoms with Gasteiger partial charge in [-0.15, -0.1) is 5.73 Å². The van der Waals surface area contributed by atoms with Gasteiger partial charge in [0, 0.05) is 5.41 Å². The van der Waals surface area contributed by atoms with Crippen molar-refractivity contribution in [1.82, 2.24) is 0 Å². The summed E-state index contributed by atoms with van der Waals surface area (Å²) < 4.78 is 38.8. The number of hydrogen-bond acceptors (Lipinski definition) is 0. The Labute approximate surface area is 167 Å². The van der Waals surface area contributed by atoms with E-state index < -0.39 is 11.7 Å². The van der Waals surface area contributed by atoms with E-state index in [0.29, 0.717) is 5.41 Å². The second-order valence-electron chi connectivity index (χ2n) is 9.03. The molecule has 0 radical (unpaired) electrons. The number of rotatable bonds is 5. The lowest BCUT2D eigenvalue weighted by molar-refractivity contribution is -0.137. The van der Waals surface area contributed by atoms with Crippen molar-refractivity contribution in [3.05, 3.63) is 53.8 Å². The molecule has 3 rings (SSSR count). The van der Waals surface area contributed by atoms with Gasteiger partial charge < -0.3 is 0 Å². The number of allylic oxidation sites excluding steroid dienone is 1. The molecule has 2 aliphatic rings. The van der Waals surface area contributed by atoms with Crippen molar-refractivity contribution in [2.24, 2.45) is 11.3 Å². The molecule has 2 fully saturated rings. The lowest BCUT2D eigenvalue weighted by Gasteiger charge is -2.49. The van der Waals surface area contributed by atoms with Crippen molar-refractivity contribution in [3.63, 3.8) is 0 Å². The van der Waals surface area contributed by atoms with E-state index in [1.807, 2.05) is 6.08 Å². The van der Waals surface area contributed by atoms with Crippen molar-refractivity contribution < 1.29 is 13.2 Å². The molecule has 0 spiro atoms. The van der Waals surface area contributed by atoms with Crippen LogP contribution in [0.3, 0.4) is 0 Å². The summed E-state index contributed by atoms with van der Waals surface area (Å²) in [5.41, 5.74) is 3.63. The van der Waals surface area contributed by atoms with Crippen molar-refractivity contribution in [2.45, 2.75) is 89.1 Å². The number of benzene rings is 1. The van der Waals surface area contributed by atoms with Gasteiger partial charge in [-0.1, -0.05) is 51.3 Å². The van der Waals surface area contributed by atoms with E-state index in [0.717, 1.165) is 37.2 Å². The summed E-state index contributed by atoms with van der Waals surface area (Å²) in [4.78, 5) is 0. The van der Waals surface area contributed by atoms with E-state index in [-0.39, 0.29) is 5.41 Å². The molecular weight excluding hydrogens is 357 g/mol. The van der Waals surface area contributed by atoms with Gasteiger partial charge in [0.25, 0.3) is 0 Å². The zero-order valence-electron chi connectivity index (χ0n) is 17.1. The Morgan fingerprint density at radius 2 is 1.64 bits per heavy atom. The van der Waals surface area contributed by atoms with Crippen LogP contribution in [0.2, 0.25) is 0 Å². The Morgan fingerprint density at radius 3 is 2.14 bits per heavy atom. The predicted octanol–water partition coefficient (Wildman–Crippen LogP) is 8.23. The molecule has 0 saturated heterocycles. The van der Waals surface area contributed by atoms with Gasteiger partial charge in [-0.2, -0.15) is 13.2 Å². The zero-order valence-corrected chi connectivity index (χ0v) is 17.1. The Morgan fingerprint density at radius 1 is 1.04 bits per heavy atom. The molecule has 3 heteroatoms. The smallest absolute Gasteiger partial charge is 0.166 e. The van der Waals surface area contributed by atoms with E-state index in [1.54, 1.807) is 12.1 Å². The first-order chi connectivity index (χ1) is 13.4. The maximum Gasteiger partial charge on any atom is 0.416 e. The summed E-state index contributed by atoms with van der Waals surface area (Å²) >= 11 is 0. The highest BCUT2D eigenvalue weighted by Crippen LogP contribution is 2.54. The van der Waals surface area contributed by atoms with Crippen molar-refractivity contribution >= 4 is 0 Å². The first-order valence-electron chi connectivity index (χ1n) is 10.9. The Bertz CT molecular complexity index is 672. The maximum absolute atomic E-state index is 12.9. The number of hydrogen-bond donors (Lipinski definition) is 0. The largest absolute Gasteiger partial charge is 0.416 e. The second-order valence-corrected chi connectivity index (χ2v) is 9.03. The van der Waals surface area contributed by atoms with Gasteiger partial charge in [-0.3, -0.25) is 0 Å². The van der Waals surface area contributed by atoms with Crippen LogP contribution >= 0.6 is 0 Å². The summed E-state index contributed by atoms with van der Waals surface area (Å²) in [5, 5.41) is 0. The van der Waals surface area contributed by atoms with Crippen LogP contribution < -0.4 is 0 Å². The Balaban J connectivity index is 1.80. The molecule has 0 nitrogen and oxygen atoms in total. The van der Waals surface area contributed by atoms with Crippen LogP contribution in [0, 0.1) is 11.3 Å². The Kier molecular flexibility index (Phi) is 6.44. The van der Waals surface area contributed by atoms with Crippen molar-refractivity contribution in [1.29, 1.82) is 0 Å². The SMILES string of the molecule is C=C=CC1(c2ccc(C(F)(F)F)cc2)CCC(C2(CCC)CCCCC2)CC1. The molecule has 1 aromatic carbocycles. The van der Waals surface area contributed by atoms with Gasteiger partial charge in [0.05, 0.1) is 5.56 Å². The summed E-state index contributed by atoms with van der Waals surface area (Å²) in [7, 11) is 0. The molecule has 0 aliphatic heterocycles. The minimum absolute atomic E-state index is 0.218. The van der Waals surface area contributed by atoms with Crippen molar-refractivity contribution in [3.8, 4) is 0 Å². The van der Waals surface area contributed by atoms with Crippen LogP contribution in [-0.2, 0) is 11.6 Å². The highest BCUT2D eigenvalue weighted by atomic mass is 19.4. The van der Waals surface area contributed by atoms with Crippen LogP contribution in [0.1, 0.15) is 88.7 Å². The molecule has 1 aromatic rings. The Hall–Kier alpha value is -1.47. The molecular formula is C25H33F3. The first kappa shape index (κ1) is 21.2. The van der Waals surface area contributed by atoms with Crippen LogP contribution in [-0.4, -0.2) is 0 Å². The van der Waals surface area contributed by atoms with Crippen molar-refractivity contribution in [2.75, 3.05) is 0 Å². The lowest BCUT2D eigenvalue weighted by Crippen LogP contribution is -2.39. The summed E-state index contributed by atoms with van der Waals surface area (Å²) in [6.45, 7) is 6.07. The average Bonchev–Trinajstić information content (AvgIpc) is 2.69. The van der Waals surface area contributed by atoms with E-state index in [1.165, 1.54) is 57.1 Å². The van der Waals surface area contributed by atoms with Crippen LogP contribution in [0.25, 0.3) is 0 Å². The highest BCUT2D eigenvalue weighted by Gasteiger charge is 2.44. The monoisotopic (exact) mass is 390 g/mol. The molecule has 0 aromatic heterocycles. The van der Waals surface area contributed by atoms with E-state index in [2.05, 4.69) is 19.2 Å². The van der Waals surface area contributed by atoms with Gasteiger partial charge >= 0.3 is 6.18 Å². The third-order valence-corrected chi connectivity index (χ3v) is 7.51. The standard InChI is InChI=1S/C25H33F3/c1-3-14-23(16-6-5-7-17-23)21-12-18-24(15-4-2,19-13-21)20-8-10-22(11-9-20)25(26,27)28/h8-11,15,21H,2-3,5-7,12-14,16-19H2,1H3. The van der Waals surface area contributed by atoms with E-state index in [9.17, 15) is 13.2 Å². The fourth-order valence-corrected chi connectivity index (χ4v) is 6.06. The third kappa shape index (κ3) is 4.25. The first-order valence-corrected chi connectivity index (χ1v) is 10.9. The molecule has 0 amide bonds. The predicted molar refractivity (Wildman–Crippen MR) is 109 cm³/mol. The van der Waals surface area contributed by atoms with Crippen LogP contribution in [0.4, 0.5) is 13.2 Å². The molecule has 154 valence electrons. The molecule has 2 saturated carbocycles. The maximum atomic E-state index is 12.9. The summed E-state index contributed by atoms with van der Waals surface area (Å²) in [6.07, 6.45) is 11.4. The van der Waals surface area contributed by atoms with Gasteiger partial charge in [-0.25, -0.2) is 0 Å². The third-order valence-electron chi connectivity index (χ3n) is 7.51. The van der Waals surface area contributed by atoms with Crippen LogP contribution in [0.15, 0.2) is 42.7 Å². The highest BCUT2D eigenvalue weighted by molar-refractivity contribution is 5.35. The number of alkyl halides is 3. The quantitative estimate of drug-likeness (QED) is 0.444. The fourth-order valence-electron chi connectivity index (χ4n) is 6.06. The van der Waals surface area contributed by atoms with Gasteiger partial charge in [0.1, 0.15) is 0 Å². The minimum atomic E-state index is -4.29. The second kappa shape index (κ2) is 8.49. The minimum Gasteiger partial charge on any atom is -0.166 e. The fraction of sp³-hybridized carbons (Fsp3) is 0.640. The molecule has 2 aliphatic carbocycles. The number of halogens is 3. The van der Waals surface area contributed by atoms with Gasteiger partial charge in [-0.05, 0) is 80.1 Å². The molecule has 0 bridgehead atoms. The molecule has 0 N–H and O–H groups in total. The molecule has 0 unspecified atom stereocenters. The summed E-state index contributed by atoms with van der Waals surface area (Å²) in [5.74, 6) is 0.744. The zero-order chi connectivity index (χ0) is 20.3. The molecule has 28 heavy (non-hydrogen) atoms. The average molecular weight is 391 g/mol. The lowest BCUT2D eigenvalue weighted by atomic mass is 9.56. The normalized spacial score (nSPS) is 27.8. The van der Waals surface area contributed by atoms with Gasteiger partial charge in [0.15, 0.2) is 0 Å². The van der Waals surface area contributed by atoms with E-state index in [4.69, 9.17) is 0 Å².